The van der Waals surface area contributed by atoms with E-state index < -0.39 is 6.23 Å². The fraction of sp³-hybridized carbons (Fsp3) is 0.300. The molecule has 4 heteroatoms. The lowest BCUT2D eigenvalue weighted by Crippen LogP contribution is -2.40. The number of hydrogen-bond donors (Lipinski definition) is 0. The van der Waals surface area contributed by atoms with E-state index in [-0.39, 0.29) is 0 Å². The van der Waals surface area contributed by atoms with Gasteiger partial charge >= 0.3 is 0 Å². The third kappa shape index (κ3) is 1.67. The van der Waals surface area contributed by atoms with Crippen molar-refractivity contribution in [3.8, 4) is 5.75 Å². The first-order chi connectivity index (χ1) is 6.70. The summed E-state index contributed by atoms with van der Waals surface area (Å²) in [6.07, 6.45) is 0.348. The molecular formula is C10H10BrNO2. The van der Waals surface area contributed by atoms with Gasteiger partial charge in [0.15, 0.2) is 6.29 Å². The predicted molar refractivity (Wildman–Crippen MR) is 56.1 cm³/mol. The highest BCUT2D eigenvalue weighted by Crippen LogP contribution is 2.29. The van der Waals surface area contributed by atoms with Crippen molar-refractivity contribution in [3.05, 3.63) is 28.2 Å². The van der Waals surface area contributed by atoms with Crippen LogP contribution in [-0.4, -0.2) is 24.5 Å². The Morgan fingerprint density at radius 1 is 1.64 bits per heavy atom. The number of halogens is 1. The van der Waals surface area contributed by atoms with Crippen LogP contribution in [0.15, 0.2) is 22.7 Å². The lowest BCUT2D eigenvalue weighted by molar-refractivity contribution is -0.122. The molecule has 74 valence electrons. The van der Waals surface area contributed by atoms with E-state index in [1.165, 1.54) is 0 Å². The molecule has 14 heavy (non-hydrogen) atoms. The van der Waals surface area contributed by atoms with Gasteiger partial charge in [0.25, 0.3) is 0 Å². The van der Waals surface area contributed by atoms with Gasteiger partial charge in [-0.2, -0.15) is 0 Å². The van der Waals surface area contributed by atoms with Gasteiger partial charge in [0.1, 0.15) is 5.75 Å². The molecule has 0 saturated heterocycles. The van der Waals surface area contributed by atoms with Crippen molar-refractivity contribution in [2.24, 2.45) is 0 Å². The maximum atomic E-state index is 10.7. The Bertz CT molecular complexity index is 367. The number of rotatable bonds is 1. The summed E-state index contributed by atoms with van der Waals surface area (Å²) in [5.41, 5.74) is 1.11. The van der Waals surface area contributed by atoms with Crippen LogP contribution in [0.1, 0.15) is 5.56 Å². The van der Waals surface area contributed by atoms with Crippen LogP contribution in [0.5, 0.6) is 5.75 Å². The molecular weight excluding hydrogens is 246 g/mol. The monoisotopic (exact) mass is 255 g/mol. The van der Waals surface area contributed by atoms with Gasteiger partial charge in [0.05, 0.1) is 0 Å². The van der Waals surface area contributed by atoms with Gasteiger partial charge in [0.2, 0.25) is 6.23 Å². The van der Waals surface area contributed by atoms with Crippen molar-refractivity contribution in [2.75, 3.05) is 7.05 Å². The zero-order valence-electron chi connectivity index (χ0n) is 7.74. The largest absolute Gasteiger partial charge is 0.468 e. The molecule has 1 aromatic carbocycles. The molecule has 1 unspecified atom stereocenters. The molecule has 0 amide bonds. The smallest absolute Gasteiger partial charge is 0.209 e. The Kier molecular flexibility index (Phi) is 2.56. The zero-order chi connectivity index (χ0) is 10.1. The van der Waals surface area contributed by atoms with Gasteiger partial charge in [0, 0.05) is 16.6 Å². The average molecular weight is 256 g/mol. The summed E-state index contributed by atoms with van der Waals surface area (Å²) >= 11 is 3.37. The SMILES string of the molecule is CN1Cc2ccc(Br)cc2OC1C=O. The summed E-state index contributed by atoms with van der Waals surface area (Å²) in [5.74, 6) is 0.787. The van der Waals surface area contributed by atoms with Crippen molar-refractivity contribution in [1.29, 1.82) is 0 Å². The summed E-state index contributed by atoms with van der Waals surface area (Å²) in [6.45, 7) is 0.742. The van der Waals surface area contributed by atoms with Gasteiger partial charge in [-0.1, -0.05) is 22.0 Å². The van der Waals surface area contributed by atoms with Crippen LogP contribution >= 0.6 is 15.9 Å². The maximum Gasteiger partial charge on any atom is 0.209 e. The normalized spacial score (nSPS) is 21.1. The zero-order valence-corrected chi connectivity index (χ0v) is 9.32. The molecule has 0 fully saturated rings. The van der Waals surface area contributed by atoms with Crippen LogP contribution in [0, 0.1) is 0 Å². The Balaban J connectivity index is 2.35. The maximum absolute atomic E-state index is 10.7. The first-order valence-corrected chi connectivity index (χ1v) is 5.10. The number of ether oxygens (including phenoxy) is 1. The van der Waals surface area contributed by atoms with E-state index in [1.54, 1.807) is 0 Å². The Hall–Kier alpha value is -0.870. The Labute approximate surface area is 90.8 Å². The summed E-state index contributed by atoms with van der Waals surface area (Å²) in [6, 6.07) is 5.85. The van der Waals surface area contributed by atoms with Crippen LogP contribution in [0.4, 0.5) is 0 Å². The second-order valence-corrected chi connectivity index (χ2v) is 4.23. The minimum Gasteiger partial charge on any atom is -0.468 e. The fourth-order valence-corrected chi connectivity index (χ4v) is 1.82. The molecule has 0 spiro atoms. The molecule has 0 aliphatic carbocycles. The van der Waals surface area contributed by atoms with Crippen LogP contribution in [0.3, 0.4) is 0 Å². The lowest BCUT2D eigenvalue weighted by Gasteiger charge is -2.30. The number of nitrogens with zero attached hydrogens (tertiary/aromatic N) is 1. The number of aldehydes is 1. The topological polar surface area (TPSA) is 29.5 Å². The summed E-state index contributed by atoms with van der Waals surface area (Å²) in [7, 11) is 1.87. The fourth-order valence-electron chi connectivity index (χ4n) is 1.48. The van der Waals surface area contributed by atoms with Crippen LogP contribution < -0.4 is 4.74 Å². The first kappa shape index (κ1) is 9.68. The molecule has 1 atom stereocenters. The highest BCUT2D eigenvalue weighted by atomic mass is 79.9. The number of likely N-dealkylation sites (N-methyl/N-ethyl adjacent to an activating group) is 1. The molecule has 0 bridgehead atoms. The number of carbonyl (C=O) groups is 1. The van der Waals surface area contributed by atoms with E-state index in [9.17, 15) is 4.79 Å². The minimum atomic E-state index is -0.461. The first-order valence-electron chi connectivity index (χ1n) is 4.31. The van der Waals surface area contributed by atoms with Crippen LogP contribution in [0.2, 0.25) is 0 Å². The highest BCUT2D eigenvalue weighted by Gasteiger charge is 2.23. The lowest BCUT2D eigenvalue weighted by atomic mass is 10.1. The van der Waals surface area contributed by atoms with Gasteiger partial charge in [-0.25, -0.2) is 0 Å². The van der Waals surface area contributed by atoms with E-state index >= 15 is 0 Å². The van der Waals surface area contributed by atoms with Crippen molar-refractivity contribution >= 4 is 22.2 Å². The molecule has 0 saturated carbocycles. The van der Waals surface area contributed by atoms with Crippen molar-refractivity contribution in [1.82, 2.24) is 4.90 Å². The van der Waals surface area contributed by atoms with Gasteiger partial charge in [-0.3, -0.25) is 9.69 Å². The minimum absolute atomic E-state index is 0.461. The molecule has 1 aromatic rings. The quantitative estimate of drug-likeness (QED) is 0.717. The number of fused-ring (bicyclic) bond motifs is 1. The van der Waals surface area contributed by atoms with Crippen molar-refractivity contribution in [3.63, 3.8) is 0 Å². The van der Waals surface area contributed by atoms with Crippen LogP contribution in [0.25, 0.3) is 0 Å². The average Bonchev–Trinajstić information content (AvgIpc) is 2.17. The molecule has 1 aliphatic heterocycles. The van der Waals surface area contributed by atoms with E-state index in [1.807, 2.05) is 30.1 Å². The van der Waals surface area contributed by atoms with E-state index in [0.717, 1.165) is 28.6 Å². The van der Waals surface area contributed by atoms with Gasteiger partial charge in [-0.05, 0) is 19.2 Å². The molecule has 0 N–H and O–H groups in total. The van der Waals surface area contributed by atoms with E-state index in [0.29, 0.717) is 0 Å². The third-order valence-electron chi connectivity index (χ3n) is 2.25. The number of benzene rings is 1. The second-order valence-electron chi connectivity index (χ2n) is 3.31. The Morgan fingerprint density at radius 2 is 2.43 bits per heavy atom. The van der Waals surface area contributed by atoms with E-state index in [4.69, 9.17) is 4.74 Å². The van der Waals surface area contributed by atoms with Gasteiger partial charge < -0.3 is 4.74 Å². The molecule has 1 aliphatic rings. The predicted octanol–water partition coefficient (Wildman–Crippen LogP) is 1.80. The van der Waals surface area contributed by atoms with Crippen molar-refractivity contribution < 1.29 is 9.53 Å². The summed E-state index contributed by atoms with van der Waals surface area (Å²) in [4.78, 5) is 12.6. The molecule has 0 aromatic heterocycles. The molecule has 1 heterocycles. The molecule has 3 nitrogen and oxygen atoms in total. The third-order valence-corrected chi connectivity index (χ3v) is 2.74. The molecule has 2 rings (SSSR count). The van der Waals surface area contributed by atoms with Crippen LogP contribution in [-0.2, 0) is 11.3 Å². The van der Waals surface area contributed by atoms with Gasteiger partial charge in [-0.15, -0.1) is 0 Å². The standard InChI is InChI=1S/C10H10BrNO2/c1-12-5-7-2-3-8(11)4-9(7)14-10(12)6-13/h2-4,6,10H,5H2,1H3. The summed E-state index contributed by atoms with van der Waals surface area (Å²) in [5, 5.41) is 0. The number of carbonyl (C=O) groups excluding carboxylic acids is 1. The van der Waals surface area contributed by atoms with E-state index in [2.05, 4.69) is 15.9 Å². The number of hydrogen-bond acceptors (Lipinski definition) is 3. The van der Waals surface area contributed by atoms with Crippen molar-refractivity contribution in [2.45, 2.75) is 12.8 Å². The second kappa shape index (κ2) is 3.71. The molecule has 0 radical (unpaired) electrons. The Morgan fingerprint density at radius 3 is 3.14 bits per heavy atom. The highest BCUT2D eigenvalue weighted by molar-refractivity contribution is 9.10. The summed E-state index contributed by atoms with van der Waals surface area (Å²) < 4.78 is 6.47.